The lowest BCUT2D eigenvalue weighted by molar-refractivity contribution is -0.155. The number of rotatable bonds is 6. The van der Waals surface area contributed by atoms with Crippen molar-refractivity contribution in [1.29, 1.82) is 0 Å². The van der Waals surface area contributed by atoms with E-state index in [1.165, 1.54) is 5.57 Å². The molecule has 0 aromatic rings. The van der Waals surface area contributed by atoms with E-state index in [2.05, 4.69) is 13.5 Å². The van der Waals surface area contributed by atoms with Gasteiger partial charge in [-0.1, -0.05) is 26.0 Å². The molecule has 0 aromatic carbocycles. The Bertz CT molecular complexity index is 626. The van der Waals surface area contributed by atoms with Crippen LogP contribution < -0.4 is 0 Å². The number of ether oxygens (including phenoxy) is 2. The molecule has 3 aliphatic rings. The summed E-state index contributed by atoms with van der Waals surface area (Å²) in [4.78, 5) is 12.1. The average molecular weight is 379 g/mol. The Morgan fingerprint density at radius 1 is 1.41 bits per heavy atom. The molecule has 3 rings (SSSR count). The lowest BCUT2D eigenvalue weighted by Crippen LogP contribution is -2.57. The third kappa shape index (κ3) is 3.39. The van der Waals surface area contributed by atoms with Crippen LogP contribution in [0.4, 0.5) is 0 Å². The van der Waals surface area contributed by atoms with E-state index in [0.29, 0.717) is 31.6 Å². The Kier molecular flexibility index (Phi) is 5.85. The van der Waals surface area contributed by atoms with Crippen LogP contribution in [0.15, 0.2) is 23.8 Å². The maximum absolute atomic E-state index is 12.1. The van der Waals surface area contributed by atoms with E-state index >= 15 is 0 Å². The highest BCUT2D eigenvalue weighted by molar-refractivity contribution is 5.91. The van der Waals surface area contributed by atoms with Gasteiger partial charge >= 0.3 is 5.97 Å². The SMILES string of the molecule is C=C1CC[C@@H]2[C@](C)(CO)[C@H](O)CC[C@@]2(C)[C@@H]1CC(OCC)C1=CCOC1=O. The molecule has 1 heterocycles. The number of fused-ring (bicyclic) bond motifs is 1. The second-order valence-corrected chi connectivity index (χ2v) is 8.96. The molecule has 0 bridgehead atoms. The molecule has 152 valence electrons. The summed E-state index contributed by atoms with van der Waals surface area (Å²) in [6, 6.07) is 0. The number of aliphatic hydroxyl groups excluding tert-OH is 2. The number of allylic oxidation sites excluding steroid dienone is 1. The molecule has 1 aliphatic heterocycles. The van der Waals surface area contributed by atoms with Gasteiger partial charge in [0.15, 0.2) is 0 Å². The standard InChI is InChI=1S/C22H34O5/c1-5-26-17(15-9-11-27-20(15)25)12-16-14(2)6-7-18-21(16,3)10-8-19(24)22(18,4)13-23/h9,16-19,23-24H,2,5-8,10-13H2,1,3-4H3/t16-,17?,18+,19-,21+,22+/m1/s1. The summed E-state index contributed by atoms with van der Waals surface area (Å²) < 4.78 is 11.1. The largest absolute Gasteiger partial charge is 0.458 e. The quantitative estimate of drug-likeness (QED) is 0.549. The number of hydrogen-bond donors (Lipinski definition) is 2. The Morgan fingerprint density at radius 2 is 2.15 bits per heavy atom. The molecule has 5 nitrogen and oxygen atoms in total. The smallest absolute Gasteiger partial charge is 0.336 e. The van der Waals surface area contributed by atoms with Gasteiger partial charge in [-0.15, -0.1) is 0 Å². The molecule has 5 heteroatoms. The first-order valence-electron chi connectivity index (χ1n) is 10.2. The molecule has 2 saturated carbocycles. The van der Waals surface area contributed by atoms with E-state index in [4.69, 9.17) is 9.47 Å². The van der Waals surface area contributed by atoms with Gasteiger partial charge in [0, 0.05) is 12.0 Å². The van der Waals surface area contributed by atoms with Crippen molar-refractivity contribution >= 4 is 5.97 Å². The molecule has 0 radical (unpaired) electrons. The summed E-state index contributed by atoms with van der Waals surface area (Å²) in [5.74, 6) is 0.109. The minimum atomic E-state index is -0.501. The molecule has 1 unspecified atom stereocenters. The molecule has 2 aliphatic carbocycles. The second-order valence-electron chi connectivity index (χ2n) is 8.96. The van der Waals surface area contributed by atoms with Crippen molar-refractivity contribution in [3.8, 4) is 0 Å². The third-order valence-corrected chi connectivity index (χ3v) is 7.61. The fourth-order valence-electron chi connectivity index (χ4n) is 5.97. The monoisotopic (exact) mass is 378 g/mol. The van der Waals surface area contributed by atoms with Gasteiger partial charge in [-0.05, 0) is 62.4 Å². The second kappa shape index (κ2) is 7.69. The Balaban J connectivity index is 1.91. The summed E-state index contributed by atoms with van der Waals surface area (Å²) in [5, 5.41) is 20.8. The van der Waals surface area contributed by atoms with E-state index in [9.17, 15) is 15.0 Å². The molecule has 6 atom stereocenters. The first kappa shape index (κ1) is 20.6. The van der Waals surface area contributed by atoms with E-state index in [1.54, 1.807) is 0 Å². The van der Waals surface area contributed by atoms with Gasteiger partial charge in [0.2, 0.25) is 0 Å². The van der Waals surface area contributed by atoms with Crippen molar-refractivity contribution in [2.45, 2.75) is 65.1 Å². The van der Waals surface area contributed by atoms with Crippen LogP contribution in [0, 0.1) is 22.7 Å². The Morgan fingerprint density at radius 3 is 2.74 bits per heavy atom. The molecule has 27 heavy (non-hydrogen) atoms. The molecule has 0 aromatic heterocycles. The Hall–Kier alpha value is -1.17. The first-order chi connectivity index (χ1) is 12.8. The van der Waals surface area contributed by atoms with Gasteiger partial charge < -0.3 is 19.7 Å². The number of carbonyl (C=O) groups is 1. The van der Waals surface area contributed by atoms with E-state index in [1.807, 2.05) is 19.9 Å². The van der Waals surface area contributed by atoms with E-state index in [0.717, 1.165) is 19.3 Å². The van der Waals surface area contributed by atoms with Crippen molar-refractivity contribution in [1.82, 2.24) is 0 Å². The number of cyclic esters (lactones) is 1. The lowest BCUT2D eigenvalue weighted by atomic mass is 9.46. The highest BCUT2D eigenvalue weighted by Gasteiger charge is 2.58. The maximum atomic E-state index is 12.1. The predicted octanol–water partition coefficient (Wildman–Crippen LogP) is 3.01. The number of hydrogen-bond acceptors (Lipinski definition) is 5. The topological polar surface area (TPSA) is 76.0 Å². The normalized spacial score (nSPS) is 40.3. The van der Waals surface area contributed by atoms with Crippen molar-refractivity contribution in [3.05, 3.63) is 23.8 Å². The van der Waals surface area contributed by atoms with E-state index < -0.39 is 11.5 Å². The molecule has 2 fully saturated rings. The summed E-state index contributed by atoms with van der Waals surface area (Å²) in [6.07, 6.45) is 5.13. The van der Waals surface area contributed by atoms with Crippen LogP contribution >= 0.6 is 0 Å². The summed E-state index contributed by atoms with van der Waals surface area (Å²) in [5.41, 5.74) is 1.24. The van der Waals surface area contributed by atoms with E-state index in [-0.39, 0.29) is 35.9 Å². The fourth-order valence-corrected chi connectivity index (χ4v) is 5.97. The summed E-state index contributed by atoms with van der Waals surface area (Å²) >= 11 is 0. The van der Waals surface area contributed by atoms with Gasteiger partial charge in [0.1, 0.15) is 6.61 Å². The molecule has 0 saturated heterocycles. The molecule has 0 spiro atoms. The maximum Gasteiger partial charge on any atom is 0.336 e. The van der Waals surface area contributed by atoms with Gasteiger partial charge in [-0.3, -0.25) is 0 Å². The van der Waals surface area contributed by atoms with Gasteiger partial charge in [-0.2, -0.15) is 0 Å². The van der Waals surface area contributed by atoms with Crippen molar-refractivity contribution < 1.29 is 24.5 Å². The van der Waals surface area contributed by atoms with Gasteiger partial charge in [0.25, 0.3) is 0 Å². The highest BCUT2D eigenvalue weighted by Crippen LogP contribution is 2.62. The highest BCUT2D eigenvalue weighted by atomic mass is 16.5. The molecular weight excluding hydrogens is 344 g/mol. The van der Waals surface area contributed by atoms with Crippen molar-refractivity contribution in [2.24, 2.45) is 22.7 Å². The zero-order valence-corrected chi connectivity index (χ0v) is 16.9. The zero-order chi connectivity index (χ0) is 19.8. The zero-order valence-electron chi connectivity index (χ0n) is 16.9. The lowest BCUT2D eigenvalue weighted by Gasteiger charge is -2.60. The van der Waals surface area contributed by atoms with Gasteiger partial charge in [-0.25, -0.2) is 4.79 Å². The molecular formula is C22H34O5. The number of carbonyl (C=O) groups excluding carboxylic acids is 1. The summed E-state index contributed by atoms with van der Waals surface area (Å²) in [7, 11) is 0. The van der Waals surface area contributed by atoms with Crippen LogP contribution in [0.1, 0.15) is 52.9 Å². The fraction of sp³-hybridized carbons (Fsp3) is 0.773. The minimum Gasteiger partial charge on any atom is -0.458 e. The number of aliphatic hydroxyl groups is 2. The Labute approximate surface area is 162 Å². The van der Waals surface area contributed by atoms with Crippen molar-refractivity contribution in [2.75, 3.05) is 19.8 Å². The van der Waals surface area contributed by atoms with Crippen LogP contribution in [0.3, 0.4) is 0 Å². The molecule has 0 amide bonds. The van der Waals surface area contributed by atoms with Crippen LogP contribution in [-0.4, -0.2) is 48.2 Å². The average Bonchev–Trinajstić information content (AvgIpc) is 3.06. The van der Waals surface area contributed by atoms with Crippen LogP contribution in [-0.2, 0) is 14.3 Å². The summed E-state index contributed by atoms with van der Waals surface area (Å²) in [6.45, 7) is 11.4. The van der Waals surface area contributed by atoms with Crippen molar-refractivity contribution in [3.63, 3.8) is 0 Å². The number of esters is 1. The van der Waals surface area contributed by atoms with Gasteiger partial charge in [0.05, 0.1) is 24.4 Å². The van der Waals surface area contributed by atoms with Crippen LogP contribution in [0.25, 0.3) is 0 Å². The third-order valence-electron chi connectivity index (χ3n) is 7.61. The minimum absolute atomic E-state index is 0.0139. The molecule has 2 N–H and O–H groups in total. The first-order valence-corrected chi connectivity index (χ1v) is 10.2. The van der Waals surface area contributed by atoms with Crippen LogP contribution in [0.5, 0.6) is 0 Å². The predicted molar refractivity (Wildman–Crippen MR) is 103 cm³/mol. The van der Waals surface area contributed by atoms with Crippen LogP contribution in [0.2, 0.25) is 0 Å².